The van der Waals surface area contributed by atoms with Crippen molar-refractivity contribution in [1.29, 1.82) is 0 Å². The van der Waals surface area contributed by atoms with Gasteiger partial charge in [-0.2, -0.15) is 0 Å². The minimum absolute atomic E-state index is 0.125. The van der Waals surface area contributed by atoms with E-state index >= 15 is 0 Å². The Bertz CT molecular complexity index is 1100. The molecule has 3 rings (SSSR count). The summed E-state index contributed by atoms with van der Waals surface area (Å²) in [5.41, 5.74) is 3.28. The molecule has 0 aliphatic carbocycles. The molecule has 0 spiro atoms. The zero-order chi connectivity index (χ0) is 20.3. The van der Waals surface area contributed by atoms with Crippen molar-refractivity contribution in [3.8, 4) is 5.69 Å². The molecule has 1 atom stereocenters. The molecule has 28 heavy (non-hydrogen) atoms. The second-order valence-electron chi connectivity index (χ2n) is 6.64. The number of amides is 1. The second kappa shape index (κ2) is 8.44. The van der Waals surface area contributed by atoms with Crippen molar-refractivity contribution in [3.05, 3.63) is 76.6 Å². The molecule has 0 saturated carbocycles. The van der Waals surface area contributed by atoms with E-state index in [1.54, 1.807) is 23.6 Å². The number of carbonyl (C=O) groups is 1. The van der Waals surface area contributed by atoms with Crippen LogP contribution in [0.4, 0.5) is 0 Å². The molecule has 2 aromatic carbocycles. The van der Waals surface area contributed by atoms with Crippen LogP contribution in [-0.4, -0.2) is 27.3 Å². The number of hydrogen-bond acceptors (Lipinski definition) is 4. The minimum Gasteiger partial charge on any atom is -0.352 e. The summed E-state index contributed by atoms with van der Waals surface area (Å²) in [7, 11) is 0. The number of para-hydroxylation sites is 1. The lowest BCUT2D eigenvalue weighted by Crippen LogP contribution is -2.32. The SMILES string of the molecule is C=CCNC(=O)C(C)Sc1nc2ccccc2c(=O)n1-c1cc(C)ccc1C. The molecule has 144 valence electrons. The second-order valence-corrected chi connectivity index (χ2v) is 7.94. The predicted octanol–water partition coefficient (Wildman–Crippen LogP) is 3.79. The molecular formula is C22H23N3O2S. The molecule has 1 amide bonds. The fourth-order valence-electron chi connectivity index (χ4n) is 2.89. The van der Waals surface area contributed by atoms with Crippen LogP contribution in [0.5, 0.6) is 0 Å². The van der Waals surface area contributed by atoms with Gasteiger partial charge in [0.1, 0.15) is 0 Å². The number of thioether (sulfide) groups is 1. The van der Waals surface area contributed by atoms with Crippen molar-refractivity contribution in [2.75, 3.05) is 6.54 Å². The maximum atomic E-state index is 13.3. The minimum atomic E-state index is -0.413. The van der Waals surface area contributed by atoms with Crippen LogP contribution in [0.1, 0.15) is 18.1 Å². The maximum Gasteiger partial charge on any atom is 0.266 e. The summed E-state index contributed by atoms with van der Waals surface area (Å²) in [4.78, 5) is 30.4. The van der Waals surface area contributed by atoms with Crippen LogP contribution in [0, 0.1) is 13.8 Å². The summed E-state index contributed by atoms with van der Waals surface area (Å²) in [5, 5.41) is 3.43. The lowest BCUT2D eigenvalue weighted by Gasteiger charge is -2.18. The first kappa shape index (κ1) is 19.9. The number of nitrogens with zero attached hydrogens (tertiary/aromatic N) is 2. The smallest absolute Gasteiger partial charge is 0.266 e. The third kappa shape index (κ3) is 4.02. The molecule has 0 fully saturated rings. The molecule has 0 bridgehead atoms. The lowest BCUT2D eigenvalue weighted by atomic mass is 10.1. The highest BCUT2D eigenvalue weighted by Crippen LogP contribution is 2.26. The third-order valence-corrected chi connectivity index (χ3v) is 5.47. The van der Waals surface area contributed by atoms with E-state index < -0.39 is 5.25 Å². The quantitative estimate of drug-likeness (QED) is 0.393. The Morgan fingerprint density at radius 2 is 2.04 bits per heavy atom. The first-order chi connectivity index (χ1) is 13.4. The van der Waals surface area contributed by atoms with Gasteiger partial charge in [0.2, 0.25) is 5.91 Å². The van der Waals surface area contributed by atoms with E-state index in [0.717, 1.165) is 16.8 Å². The Balaban J connectivity index is 2.17. The summed E-state index contributed by atoms with van der Waals surface area (Å²) >= 11 is 1.27. The standard InChI is InChI=1S/C22H23N3O2S/c1-5-12-23-20(26)16(4)28-22-24-18-9-7-6-8-17(18)21(27)25(22)19-13-14(2)10-11-15(19)3/h5-11,13,16H,1,12H2,2-4H3,(H,23,26). The van der Waals surface area contributed by atoms with Crippen LogP contribution in [0.3, 0.4) is 0 Å². The normalized spacial score (nSPS) is 12.0. The van der Waals surface area contributed by atoms with Crippen LogP contribution in [0.2, 0.25) is 0 Å². The Labute approximate surface area is 168 Å². The number of hydrogen-bond donors (Lipinski definition) is 1. The van der Waals surface area contributed by atoms with E-state index in [-0.39, 0.29) is 11.5 Å². The number of nitrogens with one attached hydrogen (secondary N) is 1. The van der Waals surface area contributed by atoms with Crippen molar-refractivity contribution in [2.24, 2.45) is 0 Å². The van der Waals surface area contributed by atoms with Gasteiger partial charge in [-0.25, -0.2) is 4.98 Å². The molecule has 1 aromatic heterocycles. The highest BCUT2D eigenvalue weighted by Gasteiger charge is 2.20. The van der Waals surface area contributed by atoms with Crippen molar-refractivity contribution >= 4 is 28.6 Å². The van der Waals surface area contributed by atoms with Gasteiger partial charge in [-0.3, -0.25) is 14.2 Å². The number of rotatable bonds is 6. The van der Waals surface area contributed by atoms with Crippen LogP contribution < -0.4 is 10.9 Å². The number of aromatic nitrogens is 2. The maximum absolute atomic E-state index is 13.3. The molecule has 0 saturated heterocycles. The fourth-order valence-corrected chi connectivity index (χ4v) is 3.84. The van der Waals surface area contributed by atoms with Crippen molar-refractivity contribution < 1.29 is 4.79 Å². The van der Waals surface area contributed by atoms with Gasteiger partial charge in [-0.1, -0.05) is 42.1 Å². The molecule has 5 nitrogen and oxygen atoms in total. The van der Waals surface area contributed by atoms with Gasteiger partial charge < -0.3 is 5.32 Å². The van der Waals surface area contributed by atoms with Crippen LogP contribution in [-0.2, 0) is 4.79 Å². The molecule has 1 heterocycles. The van der Waals surface area contributed by atoms with E-state index in [2.05, 4.69) is 11.9 Å². The van der Waals surface area contributed by atoms with E-state index in [0.29, 0.717) is 22.6 Å². The topological polar surface area (TPSA) is 64.0 Å². The Kier molecular flexibility index (Phi) is 5.99. The Morgan fingerprint density at radius 1 is 1.29 bits per heavy atom. The Hall–Kier alpha value is -2.86. The van der Waals surface area contributed by atoms with Gasteiger partial charge in [-0.15, -0.1) is 6.58 Å². The number of fused-ring (bicyclic) bond motifs is 1. The molecule has 0 aliphatic rings. The highest BCUT2D eigenvalue weighted by molar-refractivity contribution is 8.00. The van der Waals surface area contributed by atoms with E-state index in [9.17, 15) is 9.59 Å². The van der Waals surface area contributed by atoms with Gasteiger partial charge in [0.05, 0.1) is 21.8 Å². The molecule has 0 radical (unpaired) electrons. The molecule has 3 aromatic rings. The van der Waals surface area contributed by atoms with E-state index in [1.165, 1.54) is 11.8 Å². The Morgan fingerprint density at radius 3 is 2.79 bits per heavy atom. The number of benzene rings is 2. The number of aryl methyl sites for hydroxylation is 2. The molecular weight excluding hydrogens is 370 g/mol. The zero-order valence-corrected chi connectivity index (χ0v) is 17.0. The molecule has 0 aliphatic heterocycles. The van der Waals surface area contributed by atoms with Crippen molar-refractivity contribution in [1.82, 2.24) is 14.9 Å². The predicted molar refractivity (Wildman–Crippen MR) is 115 cm³/mol. The monoisotopic (exact) mass is 393 g/mol. The van der Waals surface area contributed by atoms with Gasteiger partial charge in [0.25, 0.3) is 5.56 Å². The zero-order valence-electron chi connectivity index (χ0n) is 16.2. The summed E-state index contributed by atoms with van der Waals surface area (Å²) in [5.74, 6) is -0.125. The van der Waals surface area contributed by atoms with Crippen molar-refractivity contribution in [2.45, 2.75) is 31.2 Å². The fraction of sp³-hybridized carbons (Fsp3) is 0.227. The van der Waals surface area contributed by atoms with Crippen LogP contribution >= 0.6 is 11.8 Å². The van der Waals surface area contributed by atoms with Gasteiger partial charge >= 0.3 is 0 Å². The molecule has 6 heteroatoms. The summed E-state index contributed by atoms with van der Waals surface area (Å²) in [6.07, 6.45) is 1.63. The summed E-state index contributed by atoms with van der Waals surface area (Å²) in [6, 6.07) is 13.2. The lowest BCUT2D eigenvalue weighted by molar-refractivity contribution is -0.120. The van der Waals surface area contributed by atoms with Crippen LogP contribution in [0.25, 0.3) is 16.6 Å². The summed E-state index contributed by atoms with van der Waals surface area (Å²) in [6.45, 7) is 9.77. The third-order valence-electron chi connectivity index (χ3n) is 4.42. The molecule has 1 unspecified atom stereocenters. The average Bonchev–Trinajstić information content (AvgIpc) is 2.68. The summed E-state index contributed by atoms with van der Waals surface area (Å²) < 4.78 is 1.62. The first-order valence-corrected chi connectivity index (χ1v) is 9.95. The first-order valence-electron chi connectivity index (χ1n) is 9.07. The highest BCUT2D eigenvalue weighted by atomic mass is 32.2. The van der Waals surface area contributed by atoms with Gasteiger partial charge in [0, 0.05) is 6.54 Å². The number of carbonyl (C=O) groups excluding carboxylic acids is 1. The molecule has 1 N–H and O–H groups in total. The van der Waals surface area contributed by atoms with E-state index in [1.807, 2.05) is 50.2 Å². The van der Waals surface area contributed by atoms with E-state index in [4.69, 9.17) is 4.98 Å². The van der Waals surface area contributed by atoms with Gasteiger partial charge in [0.15, 0.2) is 5.16 Å². The largest absolute Gasteiger partial charge is 0.352 e. The van der Waals surface area contributed by atoms with Crippen LogP contribution in [0.15, 0.2) is 65.1 Å². The van der Waals surface area contributed by atoms with Crippen molar-refractivity contribution in [3.63, 3.8) is 0 Å². The average molecular weight is 394 g/mol. The van der Waals surface area contributed by atoms with Gasteiger partial charge in [-0.05, 0) is 50.1 Å².